The lowest BCUT2D eigenvalue weighted by molar-refractivity contribution is 0.847. The molecule has 0 bridgehead atoms. The van der Waals surface area contributed by atoms with Crippen molar-refractivity contribution in [1.82, 2.24) is 14.6 Å². The van der Waals surface area contributed by atoms with E-state index in [2.05, 4.69) is 23.1 Å². The van der Waals surface area contributed by atoms with Gasteiger partial charge in [0.25, 0.3) is 5.56 Å². The molecule has 0 saturated heterocycles. The lowest BCUT2D eigenvalue weighted by Crippen LogP contribution is -2.22. The van der Waals surface area contributed by atoms with Crippen molar-refractivity contribution in [2.45, 2.75) is 33.6 Å². The van der Waals surface area contributed by atoms with Gasteiger partial charge in [-0.1, -0.05) is 19.1 Å². The van der Waals surface area contributed by atoms with Crippen molar-refractivity contribution in [3.8, 4) is 6.07 Å². The largest absolute Gasteiger partial charge is 0.294 e. The Morgan fingerprint density at radius 1 is 1.22 bits per heavy atom. The van der Waals surface area contributed by atoms with Gasteiger partial charge in [0.05, 0.1) is 11.6 Å². The summed E-state index contributed by atoms with van der Waals surface area (Å²) in [5.74, 6) is 0. The van der Waals surface area contributed by atoms with E-state index in [0.717, 1.165) is 34.6 Å². The molecule has 1 aromatic carbocycles. The fourth-order valence-electron chi connectivity index (χ4n) is 2.90. The second-order valence-corrected chi connectivity index (χ2v) is 5.69. The van der Waals surface area contributed by atoms with Crippen LogP contribution in [0.4, 0.5) is 0 Å². The number of hydrogen-bond donors (Lipinski definition) is 1. The van der Waals surface area contributed by atoms with Gasteiger partial charge in [-0.25, -0.2) is 9.50 Å². The molecule has 0 saturated carbocycles. The summed E-state index contributed by atoms with van der Waals surface area (Å²) in [6, 6.07) is 9.39. The molecule has 3 aromatic rings. The third-order valence-corrected chi connectivity index (χ3v) is 4.20. The van der Waals surface area contributed by atoms with Crippen molar-refractivity contribution in [3.05, 3.63) is 68.3 Å². The summed E-state index contributed by atoms with van der Waals surface area (Å²) in [4.78, 5) is 17.4. The van der Waals surface area contributed by atoms with Crippen LogP contribution in [0.2, 0.25) is 0 Å². The number of hydrogen-bond acceptors (Lipinski definition) is 3. The van der Waals surface area contributed by atoms with Crippen LogP contribution in [-0.2, 0) is 12.8 Å². The van der Waals surface area contributed by atoms with Gasteiger partial charge in [-0.3, -0.25) is 9.89 Å². The SMILES string of the molecule is CCc1c(C)[nH]n2c(=O)c(Cc3ccc(C#N)cc3)c(C)nc12. The number of fused-ring (bicyclic) bond motifs is 1. The molecule has 0 radical (unpaired) electrons. The summed E-state index contributed by atoms with van der Waals surface area (Å²) in [6.07, 6.45) is 1.34. The van der Waals surface area contributed by atoms with E-state index < -0.39 is 0 Å². The van der Waals surface area contributed by atoms with Gasteiger partial charge in [0.2, 0.25) is 0 Å². The van der Waals surface area contributed by atoms with Crippen LogP contribution in [0.3, 0.4) is 0 Å². The number of nitriles is 1. The van der Waals surface area contributed by atoms with Crippen LogP contribution < -0.4 is 5.56 Å². The fourth-order valence-corrected chi connectivity index (χ4v) is 2.90. The smallest absolute Gasteiger partial charge is 0.276 e. The molecule has 0 amide bonds. The molecular formula is C18H18N4O. The highest BCUT2D eigenvalue weighted by Crippen LogP contribution is 2.16. The third kappa shape index (κ3) is 2.53. The quantitative estimate of drug-likeness (QED) is 0.808. The van der Waals surface area contributed by atoms with Gasteiger partial charge in [-0.15, -0.1) is 0 Å². The first-order valence-corrected chi connectivity index (χ1v) is 7.63. The molecule has 0 aliphatic heterocycles. The molecule has 116 valence electrons. The lowest BCUT2D eigenvalue weighted by Gasteiger charge is -2.06. The molecule has 5 nitrogen and oxygen atoms in total. The third-order valence-electron chi connectivity index (χ3n) is 4.20. The number of benzene rings is 1. The second-order valence-electron chi connectivity index (χ2n) is 5.69. The molecule has 0 spiro atoms. The van der Waals surface area contributed by atoms with E-state index in [4.69, 9.17) is 5.26 Å². The summed E-state index contributed by atoms with van der Waals surface area (Å²) in [5.41, 5.74) is 5.76. The number of aryl methyl sites for hydroxylation is 3. The Morgan fingerprint density at radius 3 is 2.52 bits per heavy atom. The minimum atomic E-state index is -0.0559. The van der Waals surface area contributed by atoms with Crippen LogP contribution in [0.15, 0.2) is 29.1 Å². The summed E-state index contributed by atoms with van der Waals surface area (Å²) >= 11 is 0. The van der Waals surface area contributed by atoms with Gasteiger partial charge in [-0.05, 0) is 38.0 Å². The Morgan fingerprint density at radius 2 is 1.91 bits per heavy atom. The fraction of sp³-hybridized carbons (Fsp3) is 0.278. The molecular weight excluding hydrogens is 288 g/mol. The summed E-state index contributed by atoms with van der Waals surface area (Å²) in [5, 5.41) is 12.0. The van der Waals surface area contributed by atoms with Gasteiger partial charge >= 0.3 is 0 Å². The maximum atomic E-state index is 12.8. The Bertz CT molecular complexity index is 971. The highest BCUT2D eigenvalue weighted by atomic mass is 16.1. The Hall–Kier alpha value is -2.87. The normalized spacial score (nSPS) is 10.9. The van der Waals surface area contributed by atoms with E-state index in [0.29, 0.717) is 17.5 Å². The first-order valence-electron chi connectivity index (χ1n) is 7.63. The van der Waals surface area contributed by atoms with Gasteiger partial charge < -0.3 is 0 Å². The van der Waals surface area contributed by atoms with Crippen LogP contribution in [0, 0.1) is 25.2 Å². The summed E-state index contributed by atoms with van der Waals surface area (Å²) in [7, 11) is 0. The van der Waals surface area contributed by atoms with Crippen molar-refractivity contribution >= 4 is 5.65 Å². The molecule has 0 fully saturated rings. The number of nitrogens with one attached hydrogen (secondary N) is 1. The molecule has 0 atom stereocenters. The number of aromatic nitrogens is 3. The average molecular weight is 306 g/mol. The van der Waals surface area contributed by atoms with Gasteiger partial charge in [0, 0.05) is 28.9 Å². The van der Waals surface area contributed by atoms with Crippen molar-refractivity contribution in [3.63, 3.8) is 0 Å². The molecule has 2 aromatic heterocycles. The maximum Gasteiger partial charge on any atom is 0.276 e. The number of rotatable bonds is 3. The Kier molecular flexibility index (Phi) is 3.75. The Labute approximate surface area is 134 Å². The number of nitrogens with zero attached hydrogens (tertiary/aromatic N) is 3. The maximum absolute atomic E-state index is 12.8. The minimum absolute atomic E-state index is 0.0559. The van der Waals surface area contributed by atoms with Crippen LogP contribution in [0.5, 0.6) is 0 Å². The van der Waals surface area contributed by atoms with Crippen molar-refractivity contribution in [1.29, 1.82) is 5.26 Å². The predicted octanol–water partition coefficient (Wildman–Crippen LogP) is 2.66. The lowest BCUT2D eigenvalue weighted by atomic mass is 10.0. The zero-order valence-electron chi connectivity index (χ0n) is 13.5. The van der Waals surface area contributed by atoms with Gasteiger partial charge in [-0.2, -0.15) is 5.26 Å². The number of H-pyrrole nitrogens is 1. The average Bonchev–Trinajstić information content (AvgIpc) is 2.87. The van der Waals surface area contributed by atoms with Gasteiger partial charge in [0.15, 0.2) is 5.65 Å². The van der Waals surface area contributed by atoms with E-state index in [9.17, 15) is 4.79 Å². The first kappa shape index (κ1) is 15.0. The monoisotopic (exact) mass is 306 g/mol. The van der Waals surface area contributed by atoms with Crippen molar-refractivity contribution in [2.24, 2.45) is 0 Å². The highest BCUT2D eigenvalue weighted by molar-refractivity contribution is 5.51. The first-order chi connectivity index (χ1) is 11.0. The van der Waals surface area contributed by atoms with Gasteiger partial charge in [0.1, 0.15) is 0 Å². The topological polar surface area (TPSA) is 73.9 Å². The van der Waals surface area contributed by atoms with Crippen LogP contribution >= 0.6 is 0 Å². The highest BCUT2D eigenvalue weighted by Gasteiger charge is 2.15. The zero-order chi connectivity index (χ0) is 16.6. The molecule has 23 heavy (non-hydrogen) atoms. The van der Waals surface area contributed by atoms with E-state index >= 15 is 0 Å². The molecule has 5 heteroatoms. The molecule has 0 unspecified atom stereocenters. The van der Waals surface area contributed by atoms with E-state index in [-0.39, 0.29) is 5.56 Å². The molecule has 1 N–H and O–H groups in total. The summed E-state index contributed by atoms with van der Waals surface area (Å²) in [6.45, 7) is 5.90. The standard InChI is InChI=1S/C18H18N4O/c1-4-15-12(3)21-22-17(15)20-11(2)16(18(22)23)9-13-5-7-14(10-19)8-6-13/h5-8,21H,4,9H2,1-3H3. The van der Waals surface area contributed by atoms with Crippen LogP contribution in [0.1, 0.15) is 40.6 Å². The van der Waals surface area contributed by atoms with Crippen LogP contribution in [-0.4, -0.2) is 14.6 Å². The molecule has 0 aliphatic rings. The van der Waals surface area contributed by atoms with Crippen LogP contribution in [0.25, 0.3) is 5.65 Å². The zero-order valence-corrected chi connectivity index (χ0v) is 13.5. The van der Waals surface area contributed by atoms with E-state index in [1.807, 2.05) is 26.0 Å². The van der Waals surface area contributed by atoms with E-state index in [1.54, 1.807) is 16.6 Å². The van der Waals surface area contributed by atoms with Crippen molar-refractivity contribution < 1.29 is 0 Å². The second kappa shape index (κ2) is 5.73. The summed E-state index contributed by atoms with van der Waals surface area (Å²) < 4.78 is 1.54. The van der Waals surface area contributed by atoms with Crippen molar-refractivity contribution in [2.75, 3.05) is 0 Å². The predicted molar refractivity (Wildman–Crippen MR) is 88.6 cm³/mol. The molecule has 2 heterocycles. The molecule has 3 rings (SSSR count). The Balaban J connectivity index is 2.11. The molecule has 0 aliphatic carbocycles. The number of aromatic amines is 1. The van der Waals surface area contributed by atoms with E-state index in [1.165, 1.54) is 0 Å². The minimum Gasteiger partial charge on any atom is -0.294 e.